The van der Waals surface area contributed by atoms with E-state index in [-0.39, 0.29) is 5.35 Å². The molecular formula is C17H12FNO2. The minimum Gasteiger partial charge on any atom is -0.404 e. The van der Waals surface area contributed by atoms with Gasteiger partial charge in [-0.15, -0.1) is 0 Å². The van der Waals surface area contributed by atoms with Crippen molar-refractivity contribution in [2.75, 3.05) is 0 Å². The third-order valence-electron chi connectivity index (χ3n) is 3.13. The Morgan fingerprint density at radius 2 is 1.81 bits per heavy atom. The molecule has 1 heterocycles. The van der Waals surface area contributed by atoms with Crippen molar-refractivity contribution in [1.29, 1.82) is 0 Å². The summed E-state index contributed by atoms with van der Waals surface area (Å²) < 4.78 is 18.8. The summed E-state index contributed by atoms with van der Waals surface area (Å²) in [5.74, 6) is -0.398. The molecule has 0 amide bonds. The second kappa shape index (κ2) is 5.25. The molecule has 0 aliphatic heterocycles. The fourth-order valence-electron chi connectivity index (χ4n) is 2.05. The Labute approximate surface area is 119 Å². The van der Waals surface area contributed by atoms with Crippen LogP contribution in [0.2, 0.25) is 0 Å². The van der Waals surface area contributed by atoms with Gasteiger partial charge in [0, 0.05) is 10.8 Å². The van der Waals surface area contributed by atoms with Crippen molar-refractivity contribution in [2.24, 2.45) is 0 Å². The number of aromatic nitrogens is 1. The van der Waals surface area contributed by atoms with Gasteiger partial charge in [-0.2, -0.15) is 0 Å². The summed E-state index contributed by atoms with van der Waals surface area (Å²) in [5, 5.41) is 1.63. The maximum absolute atomic E-state index is 13.6. The molecule has 0 unspecified atom stereocenters. The lowest BCUT2D eigenvalue weighted by Crippen LogP contribution is -2.20. The molecule has 0 aliphatic carbocycles. The molecule has 4 heteroatoms. The lowest BCUT2D eigenvalue weighted by atomic mass is 10.2. The van der Waals surface area contributed by atoms with Crippen molar-refractivity contribution >= 4 is 12.7 Å². The van der Waals surface area contributed by atoms with Gasteiger partial charge in [-0.25, -0.2) is 9.18 Å². The van der Waals surface area contributed by atoms with Gasteiger partial charge in [-0.05, 0) is 23.4 Å². The van der Waals surface area contributed by atoms with Gasteiger partial charge >= 0.3 is 5.63 Å². The first-order valence-electron chi connectivity index (χ1n) is 6.39. The number of H-pyrrole nitrogens is 1. The predicted octanol–water partition coefficient (Wildman–Crippen LogP) is 1.63. The van der Waals surface area contributed by atoms with E-state index in [0.29, 0.717) is 16.3 Å². The minimum atomic E-state index is -0.545. The lowest BCUT2D eigenvalue weighted by Gasteiger charge is -1.92. The molecule has 0 saturated heterocycles. The van der Waals surface area contributed by atoms with Gasteiger partial charge in [0.1, 0.15) is 11.2 Å². The standard InChI is InChI=1S/C17H12FNO2/c1-11-6-2-4-8-13(11)16-19-15(17(20)21-16)10-12-7-3-5-9-14(12)18/h2-10,19H,1H2/b15-10+,16-13?. The van der Waals surface area contributed by atoms with Crippen LogP contribution in [0, 0.1) is 16.6 Å². The fourth-order valence-corrected chi connectivity index (χ4v) is 2.05. The normalized spacial score (nSPS) is 13.5. The van der Waals surface area contributed by atoms with E-state index in [0.717, 1.165) is 5.22 Å². The SMILES string of the molecule is C=c1ccccc1=c1[nH]/c(=C/c2ccccc2F)c(=O)o1. The smallest absolute Gasteiger partial charge is 0.361 e. The molecule has 0 spiro atoms. The zero-order chi connectivity index (χ0) is 14.8. The molecule has 21 heavy (non-hydrogen) atoms. The predicted molar refractivity (Wildman–Crippen MR) is 78.2 cm³/mol. The van der Waals surface area contributed by atoms with Crippen molar-refractivity contribution in [2.45, 2.75) is 0 Å². The maximum Gasteiger partial charge on any atom is 0.361 e. The number of benzene rings is 2. The molecule has 0 atom stereocenters. The van der Waals surface area contributed by atoms with Crippen LogP contribution in [0.25, 0.3) is 12.7 Å². The van der Waals surface area contributed by atoms with Crippen molar-refractivity contribution < 1.29 is 8.81 Å². The first-order chi connectivity index (χ1) is 10.1. The van der Waals surface area contributed by atoms with Gasteiger partial charge in [0.25, 0.3) is 0 Å². The van der Waals surface area contributed by atoms with E-state index in [4.69, 9.17) is 4.42 Å². The average molecular weight is 281 g/mol. The fraction of sp³-hybridized carbons (Fsp3) is 0. The Balaban J connectivity index is 2.33. The van der Waals surface area contributed by atoms with Crippen LogP contribution < -0.4 is 16.2 Å². The van der Waals surface area contributed by atoms with Crippen LogP contribution in [-0.2, 0) is 0 Å². The zero-order valence-electron chi connectivity index (χ0n) is 11.1. The summed E-state index contributed by atoms with van der Waals surface area (Å²) in [7, 11) is 0. The number of oxazole rings is 1. The first kappa shape index (κ1) is 13.1. The van der Waals surface area contributed by atoms with E-state index in [1.54, 1.807) is 24.3 Å². The quantitative estimate of drug-likeness (QED) is 0.737. The highest BCUT2D eigenvalue weighted by molar-refractivity contribution is 5.48. The third-order valence-corrected chi connectivity index (χ3v) is 3.13. The molecule has 2 aromatic carbocycles. The van der Waals surface area contributed by atoms with Crippen molar-refractivity contribution in [3.63, 3.8) is 0 Å². The maximum atomic E-state index is 13.6. The molecule has 0 bridgehead atoms. The Morgan fingerprint density at radius 3 is 2.57 bits per heavy atom. The van der Waals surface area contributed by atoms with Crippen LogP contribution in [0.5, 0.6) is 0 Å². The largest absolute Gasteiger partial charge is 0.404 e. The Bertz CT molecular complexity index is 1050. The molecule has 3 nitrogen and oxygen atoms in total. The monoisotopic (exact) mass is 281 g/mol. The van der Waals surface area contributed by atoms with Crippen LogP contribution in [0.3, 0.4) is 0 Å². The molecule has 0 aliphatic rings. The van der Waals surface area contributed by atoms with E-state index >= 15 is 0 Å². The number of aromatic amines is 1. The van der Waals surface area contributed by atoms with Crippen LogP contribution in [0.4, 0.5) is 4.39 Å². The van der Waals surface area contributed by atoms with Crippen molar-refractivity contribution in [3.8, 4) is 0 Å². The third kappa shape index (κ3) is 2.56. The number of hydrogen-bond donors (Lipinski definition) is 1. The minimum absolute atomic E-state index is 0.193. The van der Waals surface area contributed by atoms with Crippen LogP contribution in [0.15, 0.2) is 57.7 Å². The Kier molecular flexibility index (Phi) is 3.28. The van der Waals surface area contributed by atoms with Crippen molar-refractivity contribution in [3.05, 3.63) is 91.7 Å². The molecule has 1 N–H and O–H groups in total. The molecule has 104 valence electrons. The van der Waals surface area contributed by atoms with E-state index < -0.39 is 11.4 Å². The van der Waals surface area contributed by atoms with E-state index in [1.165, 1.54) is 12.1 Å². The van der Waals surface area contributed by atoms with Gasteiger partial charge in [-0.3, -0.25) is 0 Å². The van der Waals surface area contributed by atoms with E-state index in [9.17, 15) is 9.18 Å². The van der Waals surface area contributed by atoms with Crippen LogP contribution in [-0.4, -0.2) is 4.98 Å². The highest BCUT2D eigenvalue weighted by Gasteiger charge is 2.00. The molecule has 0 fully saturated rings. The molecule has 3 aromatic rings. The van der Waals surface area contributed by atoms with Gasteiger partial charge in [0.2, 0.25) is 5.55 Å². The van der Waals surface area contributed by atoms with Crippen molar-refractivity contribution in [1.82, 2.24) is 4.98 Å². The topological polar surface area (TPSA) is 46.0 Å². The molecule has 0 radical (unpaired) electrons. The van der Waals surface area contributed by atoms with Crippen LogP contribution >= 0.6 is 0 Å². The number of halogens is 1. The summed E-state index contributed by atoms with van der Waals surface area (Å²) in [6, 6.07) is 13.5. The van der Waals surface area contributed by atoms with Gasteiger partial charge < -0.3 is 9.40 Å². The average Bonchev–Trinajstić information content (AvgIpc) is 2.83. The first-order valence-corrected chi connectivity index (χ1v) is 6.39. The summed E-state index contributed by atoms with van der Waals surface area (Å²) in [6.45, 7) is 3.88. The zero-order valence-corrected chi connectivity index (χ0v) is 11.1. The van der Waals surface area contributed by atoms with Gasteiger partial charge in [-0.1, -0.05) is 43.0 Å². The Hall–Kier alpha value is -2.88. The van der Waals surface area contributed by atoms with E-state index in [1.807, 2.05) is 18.2 Å². The second-order valence-corrected chi connectivity index (χ2v) is 4.58. The number of rotatable bonds is 1. The lowest BCUT2D eigenvalue weighted by molar-refractivity contribution is 0.489. The molecule has 3 rings (SSSR count). The summed E-state index contributed by atoms with van der Waals surface area (Å²) in [6.07, 6.45) is 1.43. The highest BCUT2D eigenvalue weighted by atomic mass is 19.1. The molecule has 1 aromatic heterocycles. The number of hydrogen-bond acceptors (Lipinski definition) is 2. The highest BCUT2D eigenvalue weighted by Crippen LogP contribution is 2.05. The molecule has 0 saturated carbocycles. The summed E-state index contributed by atoms with van der Waals surface area (Å²) in [4.78, 5) is 14.7. The second-order valence-electron chi connectivity index (χ2n) is 4.58. The van der Waals surface area contributed by atoms with E-state index in [2.05, 4.69) is 11.6 Å². The summed E-state index contributed by atoms with van der Waals surface area (Å²) >= 11 is 0. The molecular weight excluding hydrogens is 269 g/mol. The summed E-state index contributed by atoms with van der Waals surface area (Å²) in [5.41, 5.74) is 0.0887. The van der Waals surface area contributed by atoms with Gasteiger partial charge in [0.15, 0.2) is 0 Å². The number of nitrogens with one attached hydrogen (secondary N) is 1. The van der Waals surface area contributed by atoms with Gasteiger partial charge in [0.05, 0.1) is 0 Å². The Morgan fingerprint density at radius 1 is 1.10 bits per heavy atom. The van der Waals surface area contributed by atoms with Crippen LogP contribution in [0.1, 0.15) is 5.56 Å².